The SMILES string of the molecule is CCCNCC1CCCC1C1CCOC2(CCOC2)C1. The van der Waals surface area contributed by atoms with Crippen LogP contribution in [0.2, 0.25) is 0 Å². The van der Waals surface area contributed by atoms with E-state index in [1.807, 2.05) is 0 Å². The lowest BCUT2D eigenvalue weighted by molar-refractivity contribution is -0.109. The summed E-state index contributed by atoms with van der Waals surface area (Å²) in [5.74, 6) is 2.71. The van der Waals surface area contributed by atoms with Gasteiger partial charge in [0.25, 0.3) is 0 Å². The van der Waals surface area contributed by atoms with Crippen LogP contribution in [-0.4, -0.2) is 38.5 Å². The fraction of sp³-hybridized carbons (Fsp3) is 1.00. The minimum absolute atomic E-state index is 0.0902. The molecule has 1 aliphatic carbocycles. The molecule has 0 aromatic rings. The zero-order valence-corrected chi connectivity index (χ0v) is 13.0. The highest BCUT2D eigenvalue weighted by atomic mass is 16.6. The van der Waals surface area contributed by atoms with Crippen molar-refractivity contribution in [2.24, 2.45) is 17.8 Å². The van der Waals surface area contributed by atoms with Gasteiger partial charge in [0, 0.05) is 19.6 Å². The van der Waals surface area contributed by atoms with Crippen LogP contribution < -0.4 is 5.32 Å². The average molecular weight is 281 g/mol. The van der Waals surface area contributed by atoms with Gasteiger partial charge in [-0.25, -0.2) is 0 Å². The van der Waals surface area contributed by atoms with E-state index in [1.165, 1.54) is 51.6 Å². The number of hydrogen-bond acceptors (Lipinski definition) is 3. The molecule has 4 unspecified atom stereocenters. The Morgan fingerprint density at radius 1 is 1.20 bits per heavy atom. The van der Waals surface area contributed by atoms with Gasteiger partial charge in [-0.1, -0.05) is 13.3 Å². The average Bonchev–Trinajstić information content (AvgIpc) is 3.09. The number of hydrogen-bond donors (Lipinski definition) is 1. The van der Waals surface area contributed by atoms with E-state index in [0.29, 0.717) is 0 Å². The molecule has 116 valence electrons. The quantitative estimate of drug-likeness (QED) is 0.786. The first-order valence-electron chi connectivity index (χ1n) is 8.75. The van der Waals surface area contributed by atoms with Crippen molar-refractivity contribution in [3.05, 3.63) is 0 Å². The maximum Gasteiger partial charge on any atom is 0.0939 e. The highest BCUT2D eigenvalue weighted by Gasteiger charge is 2.45. The Kier molecular flexibility index (Phi) is 5.00. The van der Waals surface area contributed by atoms with Crippen molar-refractivity contribution in [3.63, 3.8) is 0 Å². The third kappa shape index (κ3) is 3.20. The maximum absolute atomic E-state index is 6.11. The van der Waals surface area contributed by atoms with Gasteiger partial charge in [0.1, 0.15) is 0 Å². The molecular weight excluding hydrogens is 250 g/mol. The zero-order valence-electron chi connectivity index (χ0n) is 13.0. The number of ether oxygens (including phenoxy) is 2. The van der Waals surface area contributed by atoms with Crippen LogP contribution in [0.4, 0.5) is 0 Å². The predicted octanol–water partition coefficient (Wildman–Crippen LogP) is 2.99. The van der Waals surface area contributed by atoms with Crippen molar-refractivity contribution in [3.8, 4) is 0 Å². The second kappa shape index (κ2) is 6.76. The third-order valence-electron chi connectivity index (χ3n) is 5.75. The van der Waals surface area contributed by atoms with Crippen molar-refractivity contribution >= 4 is 0 Å². The molecule has 0 radical (unpaired) electrons. The van der Waals surface area contributed by atoms with Crippen molar-refractivity contribution in [2.75, 3.05) is 32.9 Å². The van der Waals surface area contributed by atoms with Gasteiger partial charge >= 0.3 is 0 Å². The normalized spacial score (nSPS) is 41.5. The van der Waals surface area contributed by atoms with Crippen molar-refractivity contribution < 1.29 is 9.47 Å². The Morgan fingerprint density at radius 2 is 2.15 bits per heavy atom. The van der Waals surface area contributed by atoms with Gasteiger partial charge in [-0.05, 0) is 62.9 Å². The molecule has 3 fully saturated rings. The van der Waals surface area contributed by atoms with Gasteiger partial charge in [0.15, 0.2) is 0 Å². The monoisotopic (exact) mass is 281 g/mol. The Balaban J connectivity index is 1.56. The Labute approximate surface area is 123 Å². The first-order valence-corrected chi connectivity index (χ1v) is 8.75. The molecule has 3 aliphatic rings. The molecule has 20 heavy (non-hydrogen) atoms. The zero-order chi connectivity index (χ0) is 13.8. The van der Waals surface area contributed by atoms with Gasteiger partial charge in [-0.3, -0.25) is 0 Å². The Bertz CT molecular complexity index is 301. The standard InChI is InChI=1S/C17H31NO2/c1-2-8-18-12-15-4-3-5-16(15)14-6-9-20-17(11-14)7-10-19-13-17/h14-16,18H,2-13H2,1H3. The molecule has 0 amide bonds. The van der Waals surface area contributed by atoms with E-state index >= 15 is 0 Å². The highest BCUT2D eigenvalue weighted by molar-refractivity contribution is 4.94. The van der Waals surface area contributed by atoms with Crippen LogP contribution in [0.3, 0.4) is 0 Å². The van der Waals surface area contributed by atoms with Gasteiger partial charge in [-0.2, -0.15) is 0 Å². The van der Waals surface area contributed by atoms with Crippen LogP contribution in [0.1, 0.15) is 51.9 Å². The van der Waals surface area contributed by atoms with Crippen LogP contribution in [0.15, 0.2) is 0 Å². The van der Waals surface area contributed by atoms with E-state index in [2.05, 4.69) is 12.2 Å². The van der Waals surface area contributed by atoms with E-state index in [1.54, 1.807) is 0 Å². The van der Waals surface area contributed by atoms with Crippen LogP contribution in [0.5, 0.6) is 0 Å². The van der Waals surface area contributed by atoms with E-state index in [9.17, 15) is 0 Å². The van der Waals surface area contributed by atoms with E-state index in [-0.39, 0.29) is 5.60 Å². The van der Waals surface area contributed by atoms with Crippen molar-refractivity contribution in [1.82, 2.24) is 5.32 Å². The summed E-state index contributed by atoms with van der Waals surface area (Å²) in [6.45, 7) is 7.36. The summed E-state index contributed by atoms with van der Waals surface area (Å²) < 4.78 is 11.7. The second-order valence-corrected chi connectivity index (χ2v) is 7.15. The molecule has 3 heteroatoms. The first kappa shape index (κ1) is 14.8. The molecule has 2 aliphatic heterocycles. The van der Waals surface area contributed by atoms with Crippen LogP contribution in [0, 0.1) is 17.8 Å². The molecule has 1 saturated carbocycles. The van der Waals surface area contributed by atoms with Crippen LogP contribution >= 0.6 is 0 Å². The molecule has 2 saturated heterocycles. The van der Waals surface area contributed by atoms with Crippen LogP contribution in [-0.2, 0) is 9.47 Å². The van der Waals surface area contributed by atoms with Gasteiger partial charge < -0.3 is 14.8 Å². The molecule has 0 aromatic carbocycles. The summed E-state index contributed by atoms with van der Waals surface area (Å²) in [6, 6.07) is 0. The summed E-state index contributed by atoms with van der Waals surface area (Å²) in [5, 5.41) is 3.65. The Morgan fingerprint density at radius 3 is 2.95 bits per heavy atom. The summed E-state index contributed by atoms with van der Waals surface area (Å²) in [7, 11) is 0. The molecule has 0 aromatic heterocycles. The van der Waals surface area contributed by atoms with Gasteiger partial charge in [0.05, 0.1) is 12.2 Å². The molecule has 3 nitrogen and oxygen atoms in total. The summed E-state index contributed by atoms with van der Waals surface area (Å²) in [5.41, 5.74) is 0.0902. The highest BCUT2D eigenvalue weighted by Crippen LogP contribution is 2.45. The molecule has 4 atom stereocenters. The summed E-state index contributed by atoms with van der Waals surface area (Å²) in [4.78, 5) is 0. The lowest BCUT2D eigenvalue weighted by Gasteiger charge is -2.41. The van der Waals surface area contributed by atoms with E-state index in [4.69, 9.17) is 9.47 Å². The molecule has 1 N–H and O–H groups in total. The van der Waals surface area contributed by atoms with E-state index in [0.717, 1.165) is 44.0 Å². The molecule has 1 spiro atoms. The summed E-state index contributed by atoms with van der Waals surface area (Å²) >= 11 is 0. The second-order valence-electron chi connectivity index (χ2n) is 7.15. The van der Waals surface area contributed by atoms with Crippen LogP contribution in [0.25, 0.3) is 0 Å². The first-order chi connectivity index (χ1) is 9.83. The van der Waals surface area contributed by atoms with Gasteiger partial charge in [-0.15, -0.1) is 0 Å². The smallest absolute Gasteiger partial charge is 0.0939 e. The Hall–Kier alpha value is -0.120. The van der Waals surface area contributed by atoms with Crippen molar-refractivity contribution in [1.29, 1.82) is 0 Å². The lowest BCUT2D eigenvalue weighted by atomic mass is 9.74. The van der Waals surface area contributed by atoms with Gasteiger partial charge in [0.2, 0.25) is 0 Å². The molecular formula is C17H31NO2. The lowest BCUT2D eigenvalue weighted by Crippen LogP contribution is -2.43. The largest absolute Gasteiger partial charge is 0.378 e. The maximum atomic E-state index is 6.11. The van der Waals surface area contributed by atoms with Crippen molar-refractivity contribution in [2.45, 2.75) is 57.5 Å². The fourth-order valence-electron chi connectivity index (χ4n) is 4.70. The minimum atomic E-state index is 0.0902. The third-order valence-corrected chi connectivity index (χ3v) is 5.75. The molecule has 0 bridgehead atoms. The topological polar surface area (TPSA) is 30.5 Å². The van der Waals surface area contributed by atoms with E-state index < -0.39 is 0 Å². The predicted molar refractivity (Wildman–Crippen MR) is 80.8 cm³/mol. The molecule has 2 heterocycles. The molecule has 3 rings (SSSR count). The fourth-order valence-corrected chi connectivity index (χ4v) is 4.70. The number of nitrogens with one attached hydrogen (secondary N) is 1. The number of rotatable bonds is 5. The minimum Gasteiger partial charge on any atom is -0.378 e. The summed E-state index contributed by atoms with van der Waals surface area (Å²) in [6.07, 6.45) is 9.20.